The van der Waals surface area contributed by atoms with Gasteiger partial charge in [-0.05, 0) is 31.5 Å². The molecule has 1 aromatic carbocycles. The van der Waals surface area contributed by atoms with Crippen molar-refractivity contribution in [2.24, 2.45) is 5.92 Å². The van der Waals surface area contributed by atoms with Gasteiger partial charge in [0.1, 0.15) is 6.10 Å². The molecule has 0 amide bonds. The molecule has 0 aliphatic carbocycles. The Morgan fingerprint density at radius 2 is 2.26 bits per heavy atom. The molecule has 1 N–H and O–H groups in total. The van der Waals surface area contributed by atoms with Crippen LogP contribution in [0.25, 0.3) is 0 Å². The molecule has 0 spiro atoms. The molecule has 2 atom stereocenters. The van der Waals surface area contributed by atoms with Gasteiger partial charge in [-0.3, -0.25) is 0 Å². The van der Waals surface area contributed by atoms with Crippen molar-refractivity contribution in [1.29, 1.82) is 0 Å². The smallest absolute Gasteiger partial charge is 0.162 e. The van der Waals surface area contributed by atoms with Crippen molar-refractivity contribution in [2.75, 3.05) is 20.2 Å². The van der Waals surface area contributed by atoms with E-state index >= 15 is 0 Å². The largest absolute Gasteiger partial charge is 0.493 e. The summed E-state index contributed by atoms with van der Waals surface area (Å²) in [4.78, 5) is 0. The molecule has 4 heteroatoms. The fourth-order valence-electron chi connectivity index (χ4n) is 2.57. The van der Waals surface area contributed by atoms with Crippen LogP contribution in [-0.2, 0) is 0 Å². The summed E-state index contributed by atoms with van der Waals surface area (Å²) in [6, 6.07) is 5.54. The molecule has 19 heavy (non-hydrogen) atoms. The van der Waals surface area contributed by atoms with E-state index in [-0.39, 0.29) is 6.10 Å². The number of hydrogen-bond donors (Lipinski definition) is 1. The average molecular weight is 284 g/mol. The van der Waals surface area contributed by atoms with Crippen molar-refractivity contribution >= 4 is 11.6 Å². The average Bonchev–Trinajstić information content (AvgIpc) is 2.94. The number of nitrogens with one attached hydrogen (secondary N) is 1. The van der Waals surface area contributed by atoms with Gasteiger partial charge in [-0.1, -0.05) is 24.9 Å². The second-order valence-electron chi connectivity index (χ2n) is 4.99. The molecule has 0 radical (unpaired) electrons. The van der Waals surface area contributed by atoms with Crippen LogP contribution in [0.4, 0.5) is 0 Å². The summed E-state index contributed by atoms with van der Waals surface area (Å²) < 4.78 is 11.5. The van der Waals surface area contributed by atoms with Gasteiger partial charge in [-0.15, -0.1) is 0 Å². The van der Waals surface area contributed by atoms with Gasteiger partial charge in [-0.25, -0.2) is 0 Å². The van der Waals surface area contributed by atoms with E-state index in [2.05, 4.69) is 12.2 Å². The third kappa shape index (κ3) is 3.77. The van der Waals surface area contributed by atoms with Crippen molar-refractivity contribution in [3.63, 3.8) is 0 Å². The van der Waals surface area contributed by atoms with Gasteiger partial charge in [-0.2, -0.15) is 0 Å². The van der Waals surface area contributed by atoms with Gasteiger partial charge in [0, 0.05) is 23.6 Å². The van der Waals surface area contributed by atoms with Crippen LogP contribution in [0.5, 0.6) is 11.5 Å². The Balaban J connectivity index is 2.11. The molecule has 0 bridgehead atoms. The lowest BCUT2D eigenvalue weighted by molar-refractivity contribution is 0.128. The summed E-state index contributed by atoms with van der Waals surface area (Å²) in [6.45, 7) is 4.32. The number of ether oxygens (including phenoxy) is 2. The zero-order chi connectivity index (χ0) is 13.7. The van der Waals surface area contributed by atoms with Crippen LogP contribution >= 0.6 is 11.6 Å². The Hall–Kier alpha value is -0.930. The van der Waals surface area contributed by atoms with Crippen molar-refractivity contribution < 1.29 is 9.47 Å². The van der Waals surface area contributed by atoms with E-state index in [1.165, 1.54) is 6.42 Å². The summed E-state index contributed by atoms with van der Waals surface area (Å²) in [7, 11) is 1.64. The lowest BCUT2D eigenvalue weighted by atomic mass is 9.97. The predicted octanol–water partition coefficient (Wildman–Crippen LogP) is 3.51. The first-order chi connectivity index (χ1) is 9.24. The maximum atomic E-state index is 6.19. The van der Waals surface area contributed by atoms with Gasteiger partial charge < -0.3 is 14.8 Å². The first-order valence-electron chi connectivity index (χ1n) is 6.95. The van der Waals surface area contributed by atoms with E-state index in [9.17, 15) is 0 Å². The third-order valence-corrected chi connectivity index (χ3v) is 3.84. The summed E-state index contributed by atoms with van der Waals surface area (Å²) in [5.74, 6) is 2.08. The number of halogens is 1. The summed E-state index contributed by atoms with van der Waals surface area (Å²) >= 11 is 5.97. The minimum Gasteiger partial charge on any atom is -0.493 e. The quantitative estimate of drug-likeness (QED) is 0.867. The van der Waals surface area contributed by atoms with Crippen molar-refractivity contribution in [3.05, 3.63) is 23.2 Å². The molecule has 1 saturated heterocycles. The van der Waals surface area contributed by atoms with Crippen LogP contribution in [0.3, 0.4) is 0 Å². The molecule has 1 aromatic rings. The minimum atomic E-state index is 0.245. The number of benzene rings is 1. The molecule has 1 heterocycles. The van der Waals surface area contributed by atoms with Gasteiger partial charge in [0.15, 0.2) is 11.5 Å². The van der Waals surface area contributed by atoms with Gasteiger partial charge in [0.25, 0.3) is 0 Å². The molecule has 106 valence electrons. The van der Waals surface area contributed by atoms with Crippen LogP contribution in [-0.4, -0.2) is 26.3 Å². The van der Waals surface area contributed by atoms with E-state index in [1.807, 2.05) is 12.1 Å². The number of hydrogen-bond acceptors (Lipinski definition) is 3. The molecule has 0 saturated carbocycles. The van der Waals surface area contributed by atoms with Gasteiger partial charge in [0.05, 0.1) is 7.11 Å². The molecular formula is C15H22ClNO2. The Morgan fingerprint density at radius 3 is 2.89 bits per heavy atom. The maximum Gasteiger partial charge on any atom is 0.162 e. The third-order valence-electron chi connectivity index (χ3n) is 3.60. The highest BCUT2D eigenvalue weighted by Gasteiger charge is 2.26. The van der Waals surface area contributed by atoms with Crippen LogP contribution in [0.15, 0.2) is 18.2 Å². The monoisotopic (exact) mass is 283 g/mol. The Morgan fingerprint density at radius 1 is 1.42 bits per heavy atom. The second-order valence-corrected chi connectivity index (χ2v) is 5.43. The molecule has 1 aliphatic heterocycles. The molecular weight excluding hydrogens is 262 g/mol. The van der Waals surface area contributed by atoms with E-state index in [1.54, 1.807) is 13.2 Å². The summed E-state index contributed by atoms with van der Waals surface area (Å²) in [6.07, 6.45) is 3.62. The van der Waals surface area contributed by atoms with Crippen molar-refractivity contribution in [3.8, 4) is 11.5 Å². The lowest BCUT2D eigenvalue weighted by Crippen LogP contribution is -2.28. The Bertz CT molecular complexity index is 405. The molecule has 1 aliphatic rings. The maximum absolute atomic E-state index is 6.19. The van der Waals surface area contributed by atoms with Crippen LogP contribution in [0.2, 0.25) is 5.02 Å². The van der Waals surface area contributed by atoms with Crippen LogP contribution in [0.1, 0.15) is 26.2 Å². The van der Waals surface area contributed by atoms with Gasteiger partial charge in [0.2, 0.25) is 0 Å². The predicted molar refractivity (Wildman–Crippen MR) is 78.3 cm³/mol. The van der Waals surface area contributed by atoms with E-state index in [0.717, 1.165) is 31.7 Å². The first-order valence-corrected chi connectivity index (χ1v) is 7.33. The zero-order valence-corrected chi connectivity index (χ0v) is 12.4. The highest BCUT2D eigenvalue weighted by Crippen LogP contribution is 2.33. The van der Waals surface area contributed by atoms with Crippen molar-refractivity contribution in [1.82, 2.24) is 5.32 Å². The number of methoxy groups -OCH3 is 1. The van der Waals surface area contributed by atoms with Crippen molar-refractivity contribution in [2.45, 2.75) is 32.3 Å². The fourth-order valence-corrected chi connectivity index (χ4v) is 2.73. The number of rotatable bonds is 6. The highest BCUT2D eigenvalue weighted by atomic mass is 35.5. The van der Waals surface area contributed by atoms with Gasteiger partial charge >= 0.3 is 0 Å². The fraction of sp³-hybridized carbons (Fsp3) is 0.600. The minimum absolute atomic E-state index is 0.245. The molecule has 1 fully saturated rings. The molecule has 2 rings (SSSR count). The zero-order valence-electron chi connectivity index (χ0n) is 11.6. The first kappa shape index (κ1) is 14.5. The van der Waals surface area contributed by atoms with Crippen LogP contribution < -0.4 is 14.8 Å². The SMILES string of the molecule is CCC[C@H](Oc1ccc(Cl)cc1OC)[C@H]1CCNC1. The van der Waals surface area contributed by atoms with E-state index in [0.29, 0.717) is 16.7 Å². The second kappa shape index (κ2) is 7.01. The summed E-state index contributed by atoms with van der Waals surface area (Å²) in [5.41, 5.74) is 0. The topological polar surface area (TPSA) is 30.5 Å². The molecule has 0 unspecified atom stereocenters. The molecule has 3 nitrogen and oxygen atoms in total. The van der Waals surface area contributed by atoms with E-state index in [4.69, 9.17) is 21.1 Å². The Labute approximate surface area is 120 Å². The standard InChI is InChI=1S/C15H22ClNO2/c1-3-4-13(11-7-8-17-10-11)19-14-6-5-12(16)9-15(14)18-2/h5-6,9,11,13,17H,3-4,7-8,10H2,1-2H3/t11-,13-/m0/s1. The Kier molecular flexibility index (Phi) is 5.34. The van der Waals surface area contributed by atoms with Crippen LogP contribution in [0, 0.1) is 5.92 Å². The normalized spacial score (nSPS) is 20.3. The van der Waals surface area contributed by atoms with E-state index < -0.39 is 0 Å². The highest BCUT2D eigenvalue weighted by molar-refractivity contribution is 6.30. The lowest BCUT2D eigenvalue weighted by Gasteiger charge is -2.25. The summed E-state index contributed by atoms with van der Waals surface area (Å²) in [5, 5.41) is 4.07. The molecule has 0 aromatic heterocycles.